The molecule has 3 atom stereocenters. The number of rotatable bonds is 12. The minimum atomic E-state index is -1.09. The van der Waals surface area contributed by atoms with Crippen LogP contribution in [0.5, 0.6) is 0 Å². The first-order valence-corrected chi connectivity index (χ1v) is 22.5. The number of hydrogen-bond donors (Lipinski definition) is 3. The molecule has 3 aromatic heterocycles. The van der Waals surface area contributed by atoms with E-state index in [0.717, 1.165) is 96.4 Å². The molecule has 1 saturated heterocycles. The number of anilines is 3. The van der Waals surface area contributed by atoms with Crippen molar-refractivity contribution >= 4 is 50.1 Å². The summed E-state index contributed by atoms with van der Waals surface area (Å²) in [4.78, 5) is 41.1. The average molecular weight is 845 g/mol. The molecule has 11 rings (SSSR count). The van der Waals surface area contributed by atoms with E-state index in [1.165, 1.54) is 17.8 Å². The highest BCUT2D eigenvalue weighted by Gasteiger charge is 2.66. The van der Waals surface area contributed by atoms with Crippen molar-refractivity contribution in [3.8, 4) is 11.1 Å². The summed E-state index contributed by atoms with van der Waals surface area (Å²) in [6.45, 7) is 11.5. The van der Waals surface area contributed by atoms with E-state index in [1.54, 1.807) is 7.11 Å². The zero-order chi connectivity index (χ0) is 42.3. The van der Waals surface area contributed by atoms with Crippen molar-refractivity contribution in [1.29, 1.82) is 0 Å². The minimum absolute atomic E-state index is 0.0132. The van der Waals surface area contributed by atoms with Gasteiger partial charge in [0.15, 0.2) is 10.8 Å². The van der Waals surface area contributed by atoms with Crippen LogP contribution in [-0.4, -0.2) is 88.3 Å². The lowest BCUT2D eigenvalue weighted by atomic mass is 9.39. The van der Waals surface area contributed by atoms with Gasteiger partial charge in [0.25, 0.3) is 5.91 Å². The Bertz CT molecular complexity index is 2500. The highest BCUT2D eigenvalue weighted by molar-refractivity contribution is 7.22. The molecule has 5 fully saturated rings. The smallest absolute Gasteiger partial charge is 0.355 e. The second-order valence-corrected chi connectivity index (χ2v) is 20.6. The highest BCUT2D eigenvalue weighted by Crippen LogP contribution is 2.72. The number of hydrogen-bond acceptors (Lipinski definition) is 11. The third-order valence-corrected chi connectivity index (χ3v) is 15.3. The predicted octanol–water partition coefficient (Wildman–Crippen LogP) is 7.70. The van der Waals surface area contributed by atoms with E-state index in [-0.39, 0.29) is 39.5 Å². The van der Waals surface area contributed by atoms with Crippen LogP contribution in [-0.2, 0) is 29.0 Å². The number of para-hydroxylation sites is 1. The Kier molecular flexibility index (Phi) is 9.81. The van der Waals surface area contributed by atoms with Gasteiger partial charge in [0, 0.05) is 73.9 Å². The van der Waals surface area contributed by atoms with Crippen molar-refractivity contribution < 1.29 is 24.2 Å². The molecule has 5 heterocycles. The molecular formula is C47H56N8O5S. The molecule has 61 heavy (non-hydrogen) atoms. The van der Waals surface area contributed by atoms with Gasteiger partial charge in [-0.3, -0.25) is 14.8 Å². The molecule has 2 aromatic carbocycles. The summed E-state index contributed by atoms with van der Waals surface area (Å²) >= 11 is 1.45. The Morgan fingerprint density at radius 1 is 0.967 bits per heavy atom. The second-order valence-electron chi connectivity index (χ2n) is 19.6. The zero-order valence-electron chi connectivity index (χ0n) is 35.6. The third-order valence-electron chi connectivity index (χ3n) is 14.3. The van der Waals surface area contributed by atoms with E-state index < -0.39 is 5.97 Å². The topological polar surface area (TPSA) is 161 Å². The number of carbonyl (C=O) groups excluding carboxylic acids is 1. The van der Waals surface area contributed by atoms with Crippen LogP contribution in [0.15, 0.2) is 54.7 Å². The highest BCUT2D eigenvalue weighted by atomic mass is 32.1. The molecule has 4 N–H and O–H groups in total. The summed E-state index contributed by atoms with van der Waals surface area (Å²) in [6.07, 6.45) is 10.0. The molecular weight excluding hydrogens is 789 g/mol. The summed E-state index contributed by atoms with van der Waals surface area (Å²) < 4.78 is 15.2. The van der Waals surface area contributed by atoms with Crippen LogP contribution in [0, 0.1) is 23.2 Å². The van der Waals surface area contributed by atoms with Crippen molar-refractivity contribution in [3.63, 3.8) is 0 Å². The molecule has 14 heteroatoms. The summed E-state index contributed by atoms with van der Waals surface area (Å²) in [5.74, 6) is -0.768. The third kappa shape index (κ3) is 7.38. The van der Waals surface area contributed by atoms with Crippen molar-refractivity contribution in [2.75, 3.05) is 55.1 Å². The van der Waals surface area contributed by atoms with Crippen molar-refractivity contribution in [3.05, 3.63) is 82.8 Å². The van der Waals surface area contributed by atoms with Gasteiger partial charge in [0.2, 0.25) is 0 Å². The number of methoxy groups -OCH3 is 1. The number of aromatic carboxylic acids is 1. The molecule has 13 nitrogen and oxygen atoms in total. The number of ether oxygens (including phenoxy) is 2. The molecule has 0 radical (unpaired) electrons. The molecule has 4 aliphatic carbocycles. The summed E-state index contributed by atoms with van der Waals surface area (Å²) in [6, 6.07) is 15.9. The molecule has 320 valence electrons. The van der Waals surface area contributed by atoms with Crippen LogP contribution < -0.4 is 20.9 Å². The minimum Gasteiger partial charge on any atom is -0.476 e. The maximum Gasteiger partial charge on any atom is 0.355 e. The Labute approximate surface area is 360 Å². The number of aromatic nitrogens is 4. The van der Waals surface area contributed by atoms with E-state index in [9.17, 15) is 14.7 Å². The first-order chi connectivity index (χ1) is 29.2. The fourth-order valence-electron chi connectivity index (χ4n) is 13.0. The number of carbonyl (C=O) groups is 2. The Morgan fingerprint density at radius 3 is 2.51 bits per heavy atom. The zero-order valence-corrected chi connectivity index (χ0v) is 36.4. The van der Waals surface area contributed by atoms with Crippen LogP contribution >= 0.6 is 11.3 Å². The van der Waals surface area contributed by atoms with Gasteiger partial charge in [-0.2, -0.15) is 5.10 Å². The quantitative estimate of drug-likeness (QED) is 0.106. The Balaban J connectivity index is 0.928. The Hall–Kier alpha value is -4.89. The standard InChI is InChI=1S/C47H56N8O5S/c1-29-35(19-49-55(29)28-46-23-44(2)22-45(3,24-46)26-47(25-44,27-46)60-16-15-59-4)33-9-10-39(51-40(33)42(57)58)54-13-11-30-17-32(53-14-12-31(48)20-53)18-34(36(30)21-54)41(56)52-43-50-37-7-5-6-8-38(37)61-43/h5-10,17-19,31H,11-16,20-28,48H2,1-4H3,(H,57,58)(H,50,52,56). The first-order valence-electron chi connectivity index (χ1n) is 21.7. The molecule has 0 spiro atoms. The van der Waals surface area contributed by atoms with Crippen molar-refractivity contribution in [2.45, 2.75) is 96.9 Å². The van der Waals surface area contributed by atoms with Crippen molar-refractivity contribution in [1.82, 2.24) is 19.7 Å². The number of nitrogens with one attached hydrogen (secondary N) is 1. The van der Waals surface area contributed by atoms with E-state index >= 15 is 0 Å². The van der Waals surface area contributed by atoms with E-state index in [1.807, 2.05) is 55.6 Å². The summed E-state index contributed by atoms with van der Waals surface area (Å²) in [7, 11) is 1.72. The number of nitrogens with two attached hydrogens (primary N) is 1. The van der Waals surface area contributed by atoms with E-state index in [4.69, 9.17) is 25.3 Å². The molecule has 4 bridgehead atoms. The van der Waals surface area contributed by atoms with Crippen molar-refractivity contribution in [2.24, 2.45) is 22.0 Å². The van der Waals surface area contributed by atoms with Crippen LogP contribution in [0.3, 0.4) is 0 Å². The monoisotopic (exact) mass is 844 g/mol. The fourth-order valence-corrected chi connectivity index (χ4v) is 13.9. The SMILES string of the molecule is COCCOC12CC3(C)CC(C)(CC(Cn4ncc(-c5ccc(N6CCc7cc(N8CCC(N)C8)cc(C(=O)Nc8nc9ccccc9s8)c7C6)nc5C(=O)O)c4C)(C3)C1)C2. The number of carboxylic acid groups (broad SMARTS) is 1. The maximum atomic E-state index is 14.2. The van der Waals surface area contributed by atoms with Gasteiger partial charge in [-0.05, 0) is 122 Å². The van der Waals surface area contributed by atoms with Crippen LogP contribution in [0.2, 0.25) is 0 Å². The molecule has 5 aromatic rings. The molecule has 3 unspecified atom stereocenters. The second kappa shape index (κ2) is 14.9. The first kappa shape index (κ1) is 40.2. The van der Waals surface area contributed by atoms with Gasteiger partial charge in [-0.1, -0.05) is 37.3 Å². The fraction of sp³-hybridized carbons (Fsp3) is 0.511. The van der Waals surface area contributed by atoms with E-state index in [0.29, 0.717) is 54.8 Å². The number of pyridine rings is 1. The molecule has 1 amide bonds. The van der Waals surface area contributed by atoms with E-state index in [2.05, 4.69) is 44.7 Å². The summed E-state index contributed by atoms with van der Waals surface area (Å²) in [5, 5.41) is 19.2. The number of amides is 1. The number of fused-ring (bicyclic) bond motifs is 2. The number of nitrogens with zero attached hydrogens (tertiary/aromatic N) is 6. The van der Waals surface area contributed by atoms with Gasteiger partial charge >= 0.3 is 5.97 Å². The Morgan fingerprint density at radius 2 is 1.77 bits per heavy atom. The van der Waals surface area contributed by atoms with Crippen LogP contribution in [0.25, 0.3) is 21.3 Å². The van der Waals surface area contributed by atoms with Gasteiger partial charge < -0.3 is 30.1 Å². The van der Waals surface area contributed by atoms with Gasteiger partial charge in [-0.25, -0.2) is 14.8 Å². The lowest BCUT2D eigenvalue weighted by Gasteiger charge is -2.69. The lowest BCUT2D eigenvalue weighted by Crippen LogP contribution is -2.64. The normalized spacial score (nSPS) is 27.9. The van der Waals surface area contributed by atoms with Crippen LogP contribution in [0.1, 0.15) is 96.5 Å². The van der Waals surface area contributed by atoms with Gasteiger partial charge in [0.1, 0.15) is 5.82 Å². The number of carboxylic acids is 1. The van der Waals surface area contributed by atoms with Gasteiger partial charge in [-0.15, -0.1) is 0 Å². The lowest BCUT2D eigenvalue weighted by molar-refractivity contribution is -0.250. The summed E-state index contributed by atoms with van der Waals surface area (Å²) in [5.41, 5.74) is 13.2. The van der Waals surface area contributed by atoms with Gasteiger partial charge in [0.05, 0.1) is 35.2 Å². The predicted molar refractivity (Wildman–Crippen MR) is 238 cm³/mol. The molecule has 6 aliphatic rings. The van der Waals surface area contributed by atoms with Crippen LogP contribution in [0.4, 0.5) is 16.6 Å². The number of benzene rings is 2. The molecule has 2 aliphatic heterocycles. The molecule has 4 saturated carbocycles. The average Bonchev–Trinajstić information content (AvgIpc) is 3.93. The maximum absolute atomic E-state index is 14.2. The number of thiazole rings is 1. The largest absolute Gasteiger partial charge is 0.476 e.